The molecular weight excluding hydrogens is 591 g/mol. The quantitative estimate of drug-likeness (QED) is 0.165. The summed E-state index contributed by atoms with van der Waals surface area (Å²) < 4.78 is 12.0. The van der Waals surface area contributed by atoms with E-state index in [4.69, 9.17) is 14.1 Å². The van der Waals surface area contributed by atoms with E-state index in [1.807, 2.05) is 66.7 Å². The second-order valence-corrected chi connectivity index (χ2v) is 7.49. The van der Waals surface area contributed by atoms with Gasteiger partial charge in [-0.3, -0.25) is 9.78 Å². The molecule has 0 aliphatic carbocycles. The van der Waals surface area contributed by atoms with E-state index >= 15 is 0 Å². The van der Waals surface area contributed by atoms with Gasteiger partial charge in [-0.2, -0.15) is 0 Å². The minimum Gasteiger partial charge on any atom is -0.475 e. The number of ether oxygens (including phenoxy) is 1. The van der Waals surface area contributed by atoms with Crippen LogP contribution in [0.2, 0.25) is 0 Å². The molecule has 0 spiro atoms. The standard InChI is InChI=1S/C28H16NO3.Ir/c30-28-22-15-14-20(31-19-8-2-1-3-9-19)17-26(22)32-25-12-6-10-21(27(25)28)24-16-13-18-7-4-5-11-23(18)29-24;/h1-9,11-17H;/q-1;. The van der Waals surface area contributed by atoms with E-state index < -0.39 is 0 Å². The molecule has 0 N–H and O–H groups in total. The largest absolute Gasteiger partial charge is 0.475 e. The zero-order chi connectivity index (χ0) is 21.5. The van der Waals surface area contributed by atoms with Crippen LogP contribution < -0.4 is 10.2 Å². The first-order valence-corrected chi connectivity index (χ1v) is 10.3. The second-order valence-electron chi connectivity index (χ2n) is 7.49. The van der Waals surface area contributed by atoms with Gasteiger partial charge in [0.15, 0.2) is 5.43 Å². The maximum Gasteiger partial charge on any atom is 0.159 e. The monoisotopic (exact) mass is 607 g/mol. The molecule has 6 rings (SSSR count). The zero-order valence-electron chi connectivity index (χ0n) is 17.2. The summed E-state index contributed by atoms with van der Waals surface area (Å²) in [4.78, 5) is 18.2. The summed E-state index contributed by atoms with van der Waals surface area (Å²) in [7, 11) is 0. The summed E-state index contributed by atoms with van der Waals surface area (Å²) in [5.74, 6) is 1.32. The summed E-state index contributed by atoms with van der Waals surface area (Å²) in [6, 6.07) is 33.3. The normalized spacial score (nSPS) is 10.9. The van der Waals surface area contributed by atoms with Crippen molar-refractivity contribution < 1.29 is 29.3 Å². The Bertz CT molecular complexity index is 1680. The van der Waals surface area contributed by atoms with Gasteiger partial charge in [-0.25, -0.2) is 0 Å². The van der Waals surface area contributed by atoms with E-state index in [0.29, 0.717) is 44.7 Å². The molecule has 0 unspecified atom stereocenters. The molecule has 0 aliphatic rings. The van der Waals surface area contributed by atoms with Crippen molar-refractivity contribution >= 4 is 32.8 Å². The van der Waals surface area contributed by atoms with Crippen LogP contribution in [0.4, 0.5) is 0 Å². The van der Waals surface area contributed by atoms with Crippen LogP contribution in [0.3, 0.4) is 0 Å². The summed E-state index contributed by atoms with van der Waals surface area (Å²) >= 11 is 0. The zero-order valence-corrected chi connectivity index (χ0v) is 19.6. The van der Waals surface area contributed by atoms with Crippen molar-refractivity contribution in [2.45, 2.75) is 0 Å². The number of hydrogen-bond acceptors (Lipinski definition) is 4. The van der Waals surface area contributed by atoms with E-state index in [9.17, 15) is 4.79 Å². The number of pyridine rings is 1. The fourth-order valence-corrected chi connectivity index (χ4v) is 3.91. The van der Waals surface area contributed by atoms with Crippen LogP contribution in [0.15, 0.2) is 106 Å². The molecule has 6 aromatic rings. The molecule has 2 aromatic heterocycles. The minimum atomic E-state index is -0.116. The van der Waals surface area contributed by atoms with Crippen molar-refractivity contribution in [1.29, 1.82) is 0 Å². The van der Waals surface area contributed by atoms with E-state index in [-0.39, 0.29) is 25.5 Å². The van der Waals surface area contributed by atoms with Gasteiger partial charge >= 0.3 is 0 Å². The molecule has 0 aliphatic heterocycles. The Hall–Kier alpha value is -3.79. The average molecular weight is 607 g/mol. The predicted octanol–water partition coefficient (Wildman–Crippen LogP) is 6.75. The van der Waals surface area contributed by atoms with Crippen molar-refractivity contribution in [2.75, 3.05) is 0 Å². The fraction of sp³-hybridized carbons (Fsp3) is 0. The van der Waals surface area contributed by atoms with Crippen LogP contribution in [-0.4, -0.2) is 4.98 Å². The molecule has 0 amide bonds. The van der Waals surface area contributed by atoms with Crippen molar-refractivity contribution in [3.8, 4) is 22.8 Å². The Labute approximate surface area is 202 Å². The minimum absolute atomic E-state index is 0. The molecule has 0 saturated carbocycles. The van der Waals surface area contributed by atoms with Crippen molar-refractivity contribution in [1.82, 2.24) is 4.98 Å². The van der Waals surface area contributed by atoms with Gasteiger partial charge in [-0.1, -0.05) is 54.6 Å². The van der Waals surface area contributed by atoms with Crippen LogP contribution in [0.1, 0.15) is 0 Å². The number of rotatable bonds is 3. The Kier molecular flexibility index (Phi) is 5.51. The molecule has 0 atom stereocenters. The van der Waals surface area contributed by atoms with E-state index in [0.717, 1.165) is 10.9 Å². The second kappa shape index (κ2) is 8.62. The summed E-state index contributed by atoms with van der Waals surface area (Å²) in [6.07, 6.45) is 0. The number of nitrogens with zero attached hydrogens (tertiary/aromatic N) is 1. The molecular formula is C28H16IrNO3-. The van der Waals surface area contributed by atoms with Crippen LogP contribution >= 0.6 is 0 Å². The topological polar surface area (TPSA) is 52.3 Å². The molecule has 0 fully saturated rings. The first-order valence-electron chi connectivity index (χ1n) is 10.3. The van der Waals surface area contributed by atoms with Crippen LogP contribution in [0.25, 0.3) is 44.1 Å². The Balaban J connectivity index is 0.00000228. The Morgan fingerprint density at radius 3 is 2.48 bits per heavy atom. The third-order valence-corrected chi connectivity index (χ3v) is 5.44. The molecule has 161 valence electrons. The Morgan fingerprint density at radius 1 is 0.788 bits per heavy atom. The van der Waals surface area contributed by atoms with Gasteiger partial charge < -0.3 is 9.15 Å². The van der Waals surface area contributed by atoms with Gasteiger partial charge in [0.2, 0.25) is 0 Å². The van der Waals surface area contributed by atoms with Crippen molar-refractivity contribution in [2.24, 2.45) is 0 Å². The predicted molar refractivity (Wildman–Crippen MR) is 126 cm³/mol. The van der Waals surface area contributed by atoms with Crippen LogP contribution in [-0.2, 0) is 20.1 Å². The SMILES string of the molecule is O=c1c2ccc(Oc3ccccc3)cc2oc2cc[c-]c(-c3ccc4ccccc4n3)c12.[Ir]. The van der Waals surface area contributed by atoms with Gasteiger partial charge in [0.05, 0.1) is 16.5 Å². The smallest absolute Gasteiger partial charge is 0.159 e. The van der Waals surface area contributed by atoms with Gasteiger partial charge in [-0.05, 0) is 46.8 Å². The number of para-hydroxylation sites is 2. The van der Waals surface area contributed by atoms with Crippen molar-refractivity contribution in [3.63, 3.8) is 0 Å². The number of hydrogen-bond donors (Lipinski definition) is 0. The summed E-state index contributed by atoms with van der Waals surface area (Å²) in [5, 5.41) is 2.00. The fourth-order valence-electron chi connectivity index (χ4n) is 3.91. The van der Waals surface area contributed by atoms with Crippen LogP contribution in [0.5, 0.6) is 11.5 Å². The molecule has 0 saturated heterocycles. The third kappa shape index (κ3) is 3.82. The van der Waals surface area contributed by atoms with Gasteiger partial charge in [0.1, 0.15) is 17.1 Å². The maximum atomic E-state index is 13.5. The average Bonchev–Trinajstić information content (AvgIpc) is 2.84. The Morgan fingerprint density at radius 2 is 1.61 bits per heavy atom. The maximum absolute atomic E-state index is 13.5. The van der Waals surface area contributed by atoms with Gasteiger partial charge in [0, 0.05) is 26.2 Å². The van der Waals surface area contributed by atoms with Crippen LogP contribution in [0, 0.1) is 6.07 Å². The molecule has 0 bridgehead atoms. The van der Waals surface area contributed by atoms with E-state index in [2.05, 4.69) is 6.07 Å². The number of fused-ring (bicyclic) bond motifs is 3. The molecule has 4 aromatic carbocycles. The summed E-state index contributed by atoms with van der Waals surface area (Å²) in [6.45, 7) is 0. The summed E-state index contributed by atoms with van der Waals surface area (Å²) in [5.41, 5.74) is 3.03. The van der Waals surface area contributed by atoms with Crippen molar-refractivity contribution in [3.05, 3.63) is 113 Å². The molecule has 2 heterocycles. The van der Waals surface area contributed by atoms with E-state index in [1.54, 1.807) is 30.3 Å². The molecule has 33 heavy (non-hydrogen) atoms. The number of aromatic nitrogens is 1. The van der Waals surface area contributed by atoms with Gasteiger partial charge in [-0.15, -0.1) is 17.7 Å². The number of benzene rings is 4. The third-order valence-electron chi connectivity index (χ3n) is 5.44. The van der Waals surface area contributed by atoms with E-state index in [1.165, 1.54) is 0 Å². The molecule has 5 heteroatoms. The van der Waals surface area contributed by atoms with Gasteiger partial charge in [0.25, 0.3) is 0 Å². The first kappa shape index (κ1) is 21.1. The first-order chi connectivity index (χ1) is 15.8. The molecule has 1 radical (unpaired) electrons. The molecule has 4 nitrogen and oxygen atoms in total.